The number of rotatable bonds is 0. The van der Waals surface area contributed by atoms with Crippen molar-refractivity contribution in [2.24, 2.45) is 23.7 Å². The van der Waals surface area contributed by atoms with Gasteiger partial charge in [-0.05, 0) is 56.1 Å². The summed E-state index contributed by atoms with van der Waals surface area (Å²) in [6.07, 6.45) is 6.75. The maximum absolute atomic E-state index is 6.35. The van der Waals surface area contributed by atoms with Crippen LogP contribution in [0.4, 0.5) is 0 Å². The van der Waals surface area contributed by atoms with Crippen LogP contribution < -0.4 is 9.47 Å². The molecular weight excluding hydrogens is 224 g/mol. The number of hydrogen-bond acceptors (Lipinski definition) is 2. The van der Waals surface area contributed by atoms with Crippen LogP contribution in [0.1, 0.15) is 32.1 Å². The molecule has 4 fully saturated rings. The summed E-state index contributed by atoms with van der Waals surface area (Å²) < 4.78 is 12.7. The Bertz CT molecular complexity index is 453. The Kier molecular flexibility index (Phi) is 1.64. The van der Waals surface area contributed by atoms with Crippen LogP contribution in [0.3, 0.4) is 0 Å². The number of ether oxygens (including phenoxy) is 2. The Balaban J connectivity index is 1.58. The van der Waals surface area contributed by atoms with Gasteiger partial charge in [-0.15, -0.1) is 0 Å². The summed E-state index contributed by atoms with van der Waals surface area (Å²) in [5.74, 6) is 4.79. The first-order valence-corrected chi connectivity index (χ1v) is 7.30. The minimum atomic E-state index is -0.295. The second-order valence-corrected chi connectivity index (χ2v) is 6.68. The van der Waals surface area contributed by atoms with Gasteiger partial charge in [-0.3, -0.25) is 0 Å². The Morgan fingerprint density at radius 1 is 0.778 bits per heavy atom. The van der Waals surface area contributed by atoms with Crippen LogP contribution in [0.5, 0.6) is 11.5 Å². The summed E-state index contributed by atoms with van der Waals surface area (Å²) in [4.78, 5) is 0. The second-order valence-electron chi connectivity index (χ2n) is 6.68. The predicted molar refractivity (Wildman–Crippen MR) is 67.5 cm³/mol. The number of benzene rings is 1. The molecule has 1 aromatic rings. The van der Waals surface area contributed by atoms with Crippen LogP contribution in [0.25, 0.3) is 0 Å². The van der Waals surface area contributed by atoms with E-state index in [-0.39, 0.29) is 5.79 Å². The molecule has 1 heterocycles. The highest BCUT2D eigenvalue weighted by Gasteiger charge is 2.63. The van der Waals surface area contributed by atoms with Gasteiger partial charge in [-0.1, -0.05) is 12.1 Å². The Hall–Kier alpha value is -1.18. The van der Waals surface area contributed by atoms with Gasteiger partial charge >= 0.3 is 0 Å². The molecule has 0 aromatic heterocycles. The smallest absolute Gasteiger partial charge is 0.257 e. The van der Waals surface area contributed by atoms with Crippen molar-refractivity contribution >= 4 is 0 Å². The highest BCUT2D eigenvalue weighted by atomic mass is 16.7. The minimum absolute atomic E-state index is 0.295. The first-order valence-electron chi connectivity index (χ1n) is 7.30. The Morgan fingerprint density at radius 2 is 1.28 bits per heavy atom. The number of hydrogen-bond donors (Lipinski definition) is 0. The average molecular weight is 242 g/mol. The maximum Gasteiger partial charge on any atom is 0.257 e. The molecule has 0 saturated heterocycles. The number of fused-ring (bicyclic) bond motifs is 1. The zero-order valence-corrected chi connectivity index (χ0v) is 10.5. The van der Waals surface area contributed by atoms with E-state index in [2.05, 4.69) is 12.1 Å². The molecule has 4 aliphatic carbocycles. The summed E-state index contributed by atoms with van der Waals surface area (Å²) in [7, 11) is 0. The summed E-state index contributed by atoms with van der Waals surface area (Å²) in [5.41, 5.74) is 0. The lowest BCUT2D eigenvalue weighted by molar-refractivity contribution is -0.241. The topological polar surface area (TPSA) is 18.5 Å². The third-order valence-corrected chi connectivity index (χ3v) is 5.66. The van der Waals surface area contributed by atoms with E-state index in [0.29, 0.717) is 11.8 Å². The zero-order valence-electron chi connectivity index (χ0n) is 10.5. The molecule has 5 aliphatic rings. The van der Waals surface area contributed by atoms with Gasteiger partial charge in [-0.2, -0.15) is 0 Å². The van der Waals surface area contributed by atoms with Crippen molar-refractivity contribution in [3.63, 3.8) is 0 Å². The largest absolute Gasteiger partial charge is 0.448 e. The monoisotopic (exact) mass is 242 g/mol. The fourth-order valence-corrected chi connectivity index (χ4v) is 5.16. The van der Waals surface area contributed by atoms with Crippen LogP contribution in [0.15, 0.2) is 24.3 Å². The van der Waals surface area contributed by atoms with E-state index in [0.717, 1.165) is 23.3 Å². The molecule has 94 valence electrons. The summed E-state index contributed by atoms with van der Waals surface area (Å²) in [5, 5.41) is 0. The first kappa shape index (κ1) is 9.71. The van der Waals surface area contributed by atoms with Gasteiger partial charge in [0.05, 0.1) is 0 Å². The molecule has 2 heteroatoms. The van der Waals surface area contributed by atoms with Crippen LogP contribution in [0.2, 0.25) is 0 Å². The molecule has 1 spiro atoms. The fourth-order valence-electron chi connectivity index (χ4n) is 5.16. The van der Waals surface area contributed by atoms with Gasteiger partial charge in [0.2, 0.25) is 0 Å². The lowest BCUT2D eigenvalue weighted by Gasteiger charge is -2.57. The van der Waals surface area contributed by atoms with E-state index < -0.39 is 0 Å². The molecule has 1 aromatic carbocycles. The van der Waals surface area contributed by atoms with Gasteiger partial charge in [0, 0.05) is 11.8 Å². The third kappa shape index (κ3) is 1.05. The lowest BCUT2D eigenvalue weighted by atomic mass is 9.53. The molecule has 0 unspecified atom stereocenters. The van der Waals surface area contributed by atoms with Crippen molar-refractivity contribution in [2.45, 2.75) is 37.9 Å². The van der Waals surface area contributed by atoms with Gasteiger partial charge < -0.3 is 9.47 Å². The average Bonchev–Trinajstić information content (AvgIpc) is 2.75. The van der Waals surface area contributed by atoms with E-state index in [1.54, 1.807) is 0 Å². The standard InChI is InChI=1S/C16H18O2/c1-2-4-15-14(3-1)17-16(18-15)12-6-10-5-11(8-12)9-13(16)7-10/h1-4,10-13H,5-9H2. The Labute approximate surface area is 107 Å². The second kappa shape index (κ2) is 3.04. The quantitative estimate of drug-likeness (QED) is 0.692. The Morgan fingerprint density at radius 3 is 1.78 bits per heavy atom. The van der Waals surface area contributed by atoms with Gasteiger partial charge in [0.1, 0.15) is 0 Å². The van der Waals surface area contributed by atoms with Crippen molar-refractivity contribution in [2.75, 3.05) is 0 Å². The molecule has 0 N–H and O–H groups in total. The molecule has 4 saturated carbocycles. The summed E-state index contributed by atoms with van der Waals surface area (Å²) >= 11 is 0. The SMILES string of the molecule is c1ccc2c(c1)OC1(O2)C2CC3CC(C2)CC1C3. The zero-order chi connectivity index (χ0) is 11.7. The molecule has 0 atom stereocenters. The van der Waals surface area contributed by atoms with Crippen molar-refractivity contribution < 1.29 is 9.47 Å². The molecule has 6 rings (SSSR count). The van der Waals surface area contributed by atoms with E-state index in [1.807, 2.05) is 12.1 Å². The summed E-state index contributed by atoms with van der Waals surface area (Å²) in [6, 6.07) is 8.18. The molecule has 18 heavy (non-hydrogen) atoms. The van der Waals surface area contributed by atoms with Crippen molar-refractivity contribution in [3.05, 3.63) is 24.3 Å². The molecule has 0 amide bonds. The highest BCUT2D eigenvalue weighted by molar-refractivity contribution is 5.43. The van der Waals surface area contributed by atoms with Crippen molar-refractivity contribution in [3.8, 4) is 11.5 Å². The third-order valence-electron chi connectivity index (χ3n) is 5.66. The lowest BCUT2D eigenvalue weighted by Crippen LogP contribution is -2.62. The maximum atomic E-state index is 6.35. The normalized spacial score (nSPS) is 41.6. The molecule has 4 bridgehead atoms. The fraction of sp³-hybridized carbons (Fsp3) is 0.625. The van der Waals surface area contributed by atoms with Gasteiger partial charge in [0.25, 0.3) is 5.79 Å². The van der Waals surface area contributed by atoms with E-state index in [1.165, 1.54) is 32.1 Å². The van der Waals surface area contributed by atoms with Crippen molar-refractivity contribution in [1.82, 2.24) is 0 Å². The minimum Gasteiger partial charge on any atom is -0.448 e. The first-order chi connectivity index (χ1) is 8.83. The van der Waals surface area contributed by atoms with Gasteiger partial charge in [0.15, 0.2) is 11.5 Å². The summed E-state index contributed by atoms with van der Waals surface area (Å²) in [6.45, 7) is 0. The van der Waals surface area contributed by atoms with Crippen LogP contribution >= 0.6 is 0 Å². The van der Waals surface area contributed by atoms with Crippen LogP contribution in [-0.2, 0) is 0 Å². The van der Waals surface area contributed by atoms with Gasteiger partial charge in [-0.25, -0.2) is 0 Å². The van der Waals surface area contributed by atoms with E-state index >= 15 is 0 Å². The van der Waals surface area contributed by atoms with Crippen LogP contribution in [0, 0.1) is 23.7 Å². The molecule has 0 radical (unpaired) electrons. The van der Waals surface area contributed by atoms with Crippen LogP contribution in [-0.4, -0.2) is 5.79 Å². The van der Waals surface area contributed by atoms with E-state index in [4.69, 9.17) is 9.47 Å². The highest BCUT2D eigenvalue weighted by Crippen LogP contribution is 2.62. The molecule has 1 aliphatic heterocycles. The molecular formula is C16H18O2. The van der Waals surface area contributed by atoms with Crippen molar-refractivity contribution in [1.29, 1.82) is 0 Å². The number of para-hydroxylation sites is 2. The predicted octanol–water partition coefficient (Wildman–Crippen LogP) is 3.61. The van der Waals surface area contributed by atoms with E-state index in [9.17, 15) is 0 Å². The molecule has 2 nitrogen and oxygen atoms in total.